The van der Waals surface area contributed by atoms with Crippen LogP contribution in [0.3, 0.4) is 0 Å². The van der Waals surface area contributed by atoms with Crippen LogP contribution in [0.5, 0.6) is 0 Å². The van der Waals surface area contributed by atoms with E-state index in [9.17, 15) is 0 Å². The number of aromatic nitrogens is 2. The molecule has 2 rings (SSSR count). The molecule has 0 saturated heterocycles. The van der Waals surface area contributed by atoms with Gasteiger partial charge in [0.15, 0.2) is 0 Å². The first-order valence-electron chi connectivity index (χ1n) is 4.92. The maximum absolute atomic E-state index is 4.52. The van der Waals surface area contributed by atoms with Crippen LogP contribution in [0.25, 0.3) is 5.69 Å². The van der Waals surface area contributed by atoms with E-state index in [4.69, 9.17) is 0 Å². The molecule has 1 aromatic heterocycles. The standard InChI is InChI=1S/C12H14N2/c1-3-12-10(2)9-14(13-12)11-7-5-4-6-8-11/h4-9H,3H2,1-2H3. The highest BCUT2D eigenvalue weighted by Crippen LogP contribution is 2.11. The monoisotopic (exact) mass is 186 g/mol. The summed E-state index contributed by atoms with van der Waals surface area (Å²) in [6.07, 6.45) is 3.07. The lowest BCUT2D eigenvalue weighted by Gasteiger charge is -1.98. The lowest BCUT2D eigenvalue weighted by Crippen LogP contribution is -1.94. The highest BCUT2D eigenvalue weighted by atomic mass is 15.3. The first-order valence-corrected chi connectivity index (χ1v) is 4.92. The van der Waals surface area contributed by atoms with E-state index in [0.29, 0.717) is 0 Å². The van der Waals surface area contributed by atoms with Gasteiger partial charge in [-0.05, 0) is 31.0 Å². The fourth-order valence-corrected chi connectivity index (χ4v) is 1.56. The van der Waals surface area contributed by atoms with Crippen molar-refractivity contribution in [1.29, 1.82) is 0 Å². The van der Waals surface area contributed by atoms with Crippen molar-refractivity contribution < 1.29 is 0 Å². The molecule has 0 amide bonds. The number of para-hydroxylation sites is 1. The summed E-state index contributed by atoms with van der Waals surface area (Å²) < 4.78 is 1.94. The van der Waals surface area contributed by atoms with Gasteiger partial charge in [-0.15, -0.1) is 0 Å². The van der Waals surface area contributed by atoms with Gasteiger partial charge in [0, 0.05) is 6.20 Å². The molecule has 0 aliphatic rings. The lowest BCUT2D eigenvalue weighted by molar-refractivity contribution is 0.841. The Morgan fingerprint density at radius 3 is 2.50 bits per heavy atom. The third-order valence-corrected chi connectivity index (χ3v) is 2.36. The van der Waals surface area contributed by atoms with E-state index in [1.807, 2.05) is 22.9 Å². The second-order valence-corrected chi connectivity index (χ2v) is 3.39. The molecule has 2 heteroatoms. The zero-order valence-corrected chi connectivity index (χ0v) is 8.57. The van der Waals surface area contributed by atoms with Crippen molar-refractivity contribution in [3.05, 3.63) is 47.8 Å². The van der Waals surface area contributed by atoms with Crippen LogP contribution < -0.4 is 0 Å². The van der Waals surface area contributed by atoms with Crippen molar-refractivity contribution >= 4 is 0 Å². The summed E-state index contributed by atoms with van der Waals surface area (Å²) in [6, 6.07) is 10.2. The van der Waals surface area contributed by atoms with E-state index in [1.54, 1.807) is 0 Å². The predicted molar refractivity (Wildman–Crippen MR) is 57.7 cm³/mol. The Hall–Kier alpha value is -1.57. The quantitative estimate of drug-likeness (QED) is 0.705. The molecule has 0 aliphatic heterocycles. The number of hydrogen-bond donors (Lipinski definition) is 0. The lowest BCUT2D eigenvalue weighted by atomic mass is 10.2. The maximum atomic E-state index is 4.52. The van der Waals surface area contributed by atoms with Gasteiger partial charge in [0.1, 0.15) is 0 Å². The minimum absolute atomic E-state index is 0.992. The van der Waals surface area contributed by atoms with Crippen LogP contribution in [0.15, 0.2) is 36.5 Å². The fraction of sp³-hybridized carbons (Fsp3) is 0.250. The number of hydrogen-bond acceptors (Lipinski definition) is 1. The summed E-state index contributed by atoms with van der Waals surface area (Å²) in [5.74, 6) is 0. The fourth-order valence-electron chi connectivity index (χ4n) is 1.56. The third-order valence-electron chi connectivity index (χ3n) is 2.36. The summed E-state index contributed by atoms with van der Waals surface area (Å²) in [6.45, 7) is 4.23. The van der Waals surface area contributed by atoms with E-state index in [0.717, 1.165) is 12.1 Å². The van der Waals surface area contributed by atoms with Crippen LogP contribution in [-0.2, 0) is 6.42 Å². The number of aryl methyl sites for hydroxylation is 2. The maximum Gasteiger partial charge on any atom is 0.0655 e. The minimum Gasteiger partial charge on any atom is -0.240 e. The topological polar surface area (TPSA) is 17.8 Å². The van der Waals surface area contributed by atoms with E-state index in [2.05, 4.69) is 37.3 Å². The van der Waals surface area contributed by atoms with Gasteiger partial charge in [-0.25, -0.2) is 4.68 Å². The first kappa shape index (κ1) is 9.00. The molecular formula is C12H14N2. The molecular weight excluding hydrogens is 172 g/mol. The van der Waals surface area contributed by atoms with Crippen LogP contribution in [0.2, 0.25) is 0 Å². The zero-order valence-electron chi connectivity index (χ0n) is 8.57. The van der Waals surface area contributed by atoms with Gasteiger partial charge >= 0.3 is 0 Å². The van der Waals surface area contributed by atoms with Crippen LogP contribution in [-0.4, -0.2) is 9.78 Å². The molecule has 0 bridgehead atoms. The molecule has 0 unspecified atom stereocenters. The third kappa shape index (κ3) is 1.55. The van der Waals surface area contributed by atoms with Crippen LogP contribution in [0.4, 0.5) is 0 Å². The molecule has 2 nitrogen and oxygen atoms in total. The molecule has 0 fully saturated rings. The van der Waals surface area contributed by atoms with Crippen molar-refractivity contribution in [2.75, 3.05) is 0 Å². The Bertz CT molecular complexity index is 415. The Balaban J connectivity index is 2.43. The largest absolute Gasteiger partial charge is 0.240 e. The SMILES string of the molecule is CCc1nn(-c2ccccc2)cc1C. The predicted octanol–water partition coefficient (Wildman–Crippen LogP) is 2.74. The molecule has 0 aliphatic carbocycles. The average molecular weight is 186 g/mol. The molecule has 0 radical (unpaired) electrons. The van der Waals surface area contributed by atoms with Gasteiger partial charge in [-0.2, -0.15) is 5.10 Å². The number of benzene rings is 1. The number of rotatable bonds is 2. The van der Waals surface area contributed by atoms with Crippen molar-refractivity contribution in [3.63, 3.8) is 0 Å². The van der Waals surface area contributed by atoms with Gasteiger partial charge < -0.3 is 0 Å². The highest BCUT2D eigenvalue weighted by Gasteiger charge is 2.03. The normalized spacial score (nSPS) is 10.4. The summed E-state index contributed by atoms with van der Waals surface area (Å²) >= 11 is 0. The van der Waals surface area contributed by atoms with Crippen LogP contribution >= 0.6 is 0 Å². The minimum atomic E-state index is 0.992. The Morgan fingerprint density at radius 2 is 1.93 bits per heavy atom. The summed E-state index contributed by atoms with van der Waals surface area (Å²) in [7, 11) is 0. The Kier molecular flexibility index (Phi) is 2.35. The van der Waals surface area contributed by atoms with Crippen LogP contribution in [0.1, 0.15) is 18.2 Å². The smallest absolute Gasteiger partial charge is 0.0655 e. The van der Waals surface area contributed by atoms with Gasteiger partial charge in [0.25, 0.3) is 0 Å². The highest BCUT2D eigenvalue weighted by molar-refractivity contribution is 5.32. The molecule has 1 heterocycles. The molecule has 0 spiro atoms. The van der Waals surface area contributed by atoms with Crippen molar-refractivity contribution in [1.82, 2.24) is 9.78 Å². The summed E-state index contributed by atoms with van der Waals surface area (Å²) in [4.78, 5) is 0. The van der Waals surface area contributed by atoms with E-state index >= 15 is 0 Å². The van der Waals surface area contributed by atoms with Crippen LogP contribution in [0, 0.1) is 6.92 Å². The van der Waals surface area contributed by atoms with Crippen molar-refractivity contribution in [3.8, 4) is 5.69 Å². The Labute approximate surface area is 84.2 Å². The van der Waals surface area contributed by atoms with Gasteiger partial charge in [-0.3, -0.25) is 0 Å². The average Bonchev–Trinajstić information content (AvgIpc) is 2.61. The molecule has 2 aromatic rings. The number of nitrogens with zero attached hydrogens (tertiary/aromatic N) is 2. The molecule has 14 heavy (non-hydrogen) atoms. The summed E-state index contributed by atoms with van der Waals surface area (Å²) in [5, 5.41) is 4.52. The summed E-state index contributed by atoms with van der Waals surface area (Å²) in [5.41, 5.74) is 3.56. The molecule has 0 atom stereocenters. The van der Waals surface area contributed by atoms with E-state index in [-0.39, 0.29) is 0 Å². The van der Waals surface area contributed by atoms with Crippen molar-refractivity contribution in [2.24, 2.45) is 0 Å². The van der Waals surface area contributed by atoms with E-state index < -0.39 is 0 Å². The Morgan fingerprint density at radius 1 is 1.21 bits per heavy atom. The second kappa shape index (κ2) is 3.66. The first-order chi connectivity index (χ1) is 6.81. The van der Waals surface area contributed by atoms with Gasteiger partial charge in [0.05, 0.1) is 11.4 Å². The second-order valence-electron chi connectivity index (χ2n) is 3.39. The molecule has 0 saturated carbocycles. The zero-order chi connectivity index (χ0) is 9.97. The molecule has 72 valence electrons. The van der Waals surface area contributed by atoms with E-state index in [1.165, 1.54) is 11.3 Å². The molecule has 0 N–H and O–H groups in total. The van der Waals surface area contributed by atoms with Gasteiger partial charge in [-0.1, -0.05) is 25.1 Å². The molecule has 1 aromatic carbocycles. The van der Waals surface area contributed by atoms with Crippen molar-refractivity contribution in [2.45, 2.75) is 20.3 Å². The van der Waals surface area contributed by atoms with Gasteiger partial charge in [0.2, 0.25) is 0 Å².